The van der Waals surface area contributed by atoms with Crippen LogP contribution in [0.4, 0.5) is 17.1 Å². The number of hydrogen-bond acceptors (Lipinski definition) is 3. The second-order valence-electron chi connectivity index (χ2n) is 3.93. The van der Waals surface area contributed by atoms with Crippen molar-refractivity contribution in [2.24, 2.45) is 0 Å². The number of anilines is 3. The number of rotatable bonds is 2. The highest BCUT2D eigenvalue weighted by atomic mass is 35.5. The fourth-order valence-corrected chi connectivity index (χ4v) is 1.87. The molecule has 0 fully saturated rings. The summed E-state index contributed by atoms with van der Waals surface area (Å²) in [4.78, 5) is 12.0. The molecule has 0 unspecified atom stereocenters. The minimum Gasteiger partial charge on any atom is -0.399 e. The Morgan fingerprint density at radius 3 is 2.26 bits per heavy atom. The predicted octanol–water partition coefficient (Wildman–Crippen LogP) is 3.41. The van der Waals surface area contributed by atoms with Crippen LogP contribution in [0.3, 0.4) is 0 Å². The van der Waals surface area contributed by atoms with E-state index in [4.69, 9.17) is 34.7 Å². The lowest BCUT2D eigenvalue weighted by molar-refractivity contribution is 0.102. The van der Waals surface area contributed by atoms with E-state index in [9.17, 15) is 4.79 Å². The molecule has 1 amide bonds. The molecule has 0 saturated heterocycles. The molecule has 0 atom stereocenters. The number of carbonyl (C=O) groups excluding carboxylic acids is 1. The first-order valence-electron chi connectivity index (χ1n) is 5.39. The Morgan fingerprint density at radius 1 is 1.00 bits per heavy atom. The molecule has 0 spiro atoms. The molecule has 2 aromatic carbocycles. The van der Waals surface area contributed by atoms with Crippen molar-refractivity contribution in [3.8, 4) is 0 Å². The van der Waals surface area contributed by atoms with Crippen LogP contribution in [0.25, 0.3) is 0 Å². The minimum atomic E-state index is -0.303. The molecule has 0 aliphatic carbocycles. The fourth-order valence-electron chi connectivity index (χ4n) is 1.49. The van der Waals surface area contributed by atoms with Crippen LogP contribution < -0.4 is 16.8 Å². The number of amides is 1. The van der Waals surface area contributed by atoms with Crippen molar-refractivity contribution in [1.82, 2.24) is 0 Å². The van der Waals surface area contributed by atoms with E-state index in [1.165, 1.54) is 12.1 Å². The van der Waals surface area contributed by atoms with E-state index < -0.39 is 0 Å². The Morgan fingerprint density at radius 2 is 1.63 bits per heavy atom. The van der Waals surface area contributed by atoms with E-state index in [1.54, 1.807) is 24.3 Å². The molecule has 0 radical (unpaired) electrons. The molecule has 2 rings (SSSR count). The monoisotopic (exact) mass is 295 g/mol. The maximum Gasteiger partial charge on any atom is 0.255 e. The number of carbonyl (C=O) groups is 1. The largest absolute Gasteiger partial charge is 0.399 e. The van der Waals surface area contributed by atoms with Gasteiger partial charge in [0.25, 0.3) is 5.91 Å². The van der Waals surface area contributed by atoms with Crippen LogP contribution in [0.2, 0.25) is 10.0 Å². The smallest absolute Gasteiger partial charge is 0.255 e. The molecule has 0 saturated carbocycles. The van der Waals surface area contributed by atoms with Gasteiger partial charge >= 0.3 is 0 Å². The van der Waals surface area contributed by atoms with Crippen LogP contribution in [-0.2, 0) is 0 Å². The van der Waals surface area contributed by atoms with E-state index in [-0.39, 0.29) is 5.91 Å². The second kappa shape index (κ2) is 5.38. The summed E-state index contributed by atoms with van der Waals surface area (Å²) in [6, 6.07) is 9.53. The van der Waals surface area contributed by atoms with Gasteiger partial charge in [-0.15, -0.1) is 0 Å². The summed E-state index contributed by atoms with van der Waals surface area (Å²) in [5, 5.41) is 3.32. The average Bonchev–Trinajstić information content (AvgIpc) is 2.36. The maximum absolute atomic E-state index is 12.0. The normalized spacial score (nSPS) is 10.2. The molecule has 6 heteroatoms. The van der Waals surface area contributed by atoms with Crippen molar-refractivity contribution in [3.05, 3.63) is 52.0 Å². The number of benzene rings is 2. The lowest BCUT2D eigenvalue weighted by Crippen LogP contribution is -2.12. The fraction of sp³-hybridized carbons (Fsp3) is 0. The van der Waals surface area contributed by atoms with Gasteiger partial charge in [0.15, 0.2) is 0 Å². The Bertz CT molecular complexity index is 627. The van der Waals surface area contributed by atoms with Crippen LogP contribution >= 0.6 is 23.2 Å². The highest BCUT2D eigenvalue weighted by Crippen LogP contribution is 2.31. The number of nitrogens with one attached hydrogen (secondary N) is 1. The number of hydrogen-bond donors (Lipinski definition) is 3. The van der Waals surface area contributed by atoms with E-state index in [2.05, 4.69) is 5.32 Å². The number of nitrogen functional groups attached to an aromatic ring is 2. The molecular weight excluding hydrogens is 285 g/mol. The van der Waals surface area contributed by atoms with Crippen molar-refractivity contribution in [2.45, 2.75) is 0 Å². The molecule has 0 aromatic heterocycles. The van der Waals surface area contributed by atoms with Gasteiger partial charge in [-0.3, -0.25) is 4.79 Å². The third kappa shape index (κ3) is 3.10. The maximum atomic E-state index is 12.0. The summed E-state index contributed by atoms with van der Waals surface area (Å²) < 4.78 is 0. The van der Waals surface area contributed by atoms with Crippen LogP contribution in [0.5, 0.6) is 0 Å². The number of nitrogens with two attached hydrogens (primary N) is 2. The second-order valence-corrected chi connectivity index (χ2v) is 4.74. The highest BCUT2D eigenvalue weighted by molar-refractivity contribution is 6.37. The highest BCUT2D eigenvalue weighted by Gasteiger charge is 2.10. The first kappa shape index (κ1) is 13.5. The molecule has 0 bridgehead atoms. The van der Waals surface area contributed by atoms with Gasteiger partial charge in [0.2, 0.25) is 0 Å². The van der Waals surface area contributed by atoms with Crippen LogP contribution in [0.1, 0.15) is 10.4 Å². The predicted molar refractivity (Wildman–Crippen MR) is 79.7 cm³/mol. The minimum absolute atomic E-state index is 0.303. The van der Waals surface area contributed by atoms with Crippen LogP contribution in [0.15, 0.2) is 36.4 Å². The average molecular weight is 296 g/mol. The zero-order chi connectivity index (χ0) is 14.0. The van der Waals surface area contributed by atoms with Crippen molar-refractivity contribution in [3.63, 3.8) is 0 Å². The lowest BCUT2D eigenvalue weighted by Gasteiger charge is -2.09. The van der Waals surface area contributed by atoms with Crippen molar-refractivity contribution in [2.75, 3.05) is 16.8 Å². The Labute approximate surface area is 120 Å². The van der Waals surface area contributed by atoms with Gasteiger partial charge < -0.3 is 16.8 Å². The third-order valence-electron chi connectivity index (χ3n) is 2.51. The Hall–Kier alpha value is -1.91. The Balaban J connectivity index is 2.24. The Kier molecular flexibility index (Phi) is 3.83. The van der Waals surface area contributed by atoms with E-state index in [1.807, 2.05) is 0 Å². The lowest BCUT2D eigenvalue weighted by atomic mass is 10.2. The molecule has 0 aliphatic rings. The summed E-state index contributed by atoms with van der Waals surface area (Å²) >= 11 is 11.9. The molecule has 2 aromatic rings. The van der Waals surface area contributed by atoms with Gasteiger partial charge in [0, 0.05) is 11.3 Å². The van der Waals surface area contributed by atoms with Gasteiger partial charge in [0.1, 0.15) is 0 Å². The molecular formula is C13H11Cl2N3O. The summed E-state index contributed by atoms with van der Waals surface area (Å²) in [5.74, 6) is -0.303. The van der Waals surface area contributed by atoms with Gasteiger partial charge in [-0.25, -0.2) is 0 Å². The van der Waals surface area contributed by atoms with Crippen molar-refractivity contribution < 1.29 is 4.79 Å². The molecule has 98 valence electrons. The van der Waals surface area contributed by atoms with Gasteiger partial charge in [-0.2, -0.15) is 0 Å². The summed E-state index contributed by atoms with van der Waals surface area (Å²) in [5.41, 5.74) is 13.0. The third-order valence-corrected chi connectivity index (χ3v) is 3.15. The number of halogens is 2. The van der Waals surface area contributed by atoms with Gasteiger partial charge in [-0.1, -0.05) is 23.2 Å². The first-order valence-corrected chi connectivity index (χ1v) is 6.14. The summed E-state index contributed by atoms with van der Waals surface area (Å²) in [7, 11) is 0. The SMILES string of the molecule is Nc1ccc(C(=O)Nc2cc(Cl)c(N)cc2Cl)cc1. The first-order chi connectivity index (χ1) is 8.97. The zero-order valence-electron chi connectivity index (χ0n) is 9.78. The molecule has 19 heavy (non-hydrogen) atoms. The molecule has 0 heterocycles. The molecule has 5 N–H and O–H groups in total. The van der Waals surface area contributed by atoms with E-state index in [0.717, 1.165) is 0 Å². The standard InChI is InChI=1S/C13H11Cl2N3O/c14-9-6-12(10(15)5-11(9)17)18-13(19)7-1-3-8(16)4-2-7/h1-6H,16-17H2,(H,18,19). The quantitative estimate of drug-likeness (QED) is 0.743. The van der Waals surface area contributed by atoms with Crippen molar-refractivity contribution in [1.29, 1.82) is 0 Å². The van der Waals surface area contributed by atoms with Crippen LogP contribution in [0, 0.1) is 0 Å². The summed E-state index contributed by atoms with van der Waals surface area (Å²) in [6.45, 7) is 0. The van der Waals surface area contributed by atoms with Gasteiger partial charge in [-0.05, 0) is 36.4 Å². The van der Waals surface area contributed by atoms with Gasteiger partial charge in [0.05, 0.1) is 21.4 Å². The topological polar surface area (TPSA) is 81.1 Å². The summed E-state index contributed by atoms with van der Waals surface area (Å²) in [6.07, 6.45) is 0. The zero-order valence-corrected chi connectivity index (χ0v) is 11.3. The van der Waals surface area contributed by atoms with E-state index in [0.29, 0.717) is 32.7 Å². The van der Waals surface area contributed by atoms with E-state index >= 15 is 0 Å². The van der Waals surface area contributed by atoms with Crippen molar-refractivity contribution >= 4 is 46.2 Å². The molecule has 4 nitrogen and oxygen atoms in total. The van der Waals surface area contributed by atoms with Crippen LogP contribution in [-0.4, -0.2) is 5.91 Å². The molecule has 0 aliphatic heterocycles.